The Morgan fingerprint density at radius 2 is 2.24 bits per heavy atom. The fourth-order valence-corrected chi connectivity index (χ4v) is 1.56. The minimum Gasteiger partial charge on any atom is -0.368 e. The van der Waals surface area contributed by atoms with Crippen molar-refractivity contribution < 1.29 is 4.79 Å². The molecule has 2 aromatic rings. The van der Waals surface area contributed by atoms with E-state index in [-0.39, 0.29) is 11.9 Å². The Hall–Kier alpha value is -2.17. The van der Waals surface area contributed by atoms with Gasteiger partial charge in [0.25, 0.3) is 0 Å². The maximum Gasteiger partial charge on any atom is 0.249 e. The Morgan fingerprint density at radius 3 is 2.88 bits per heavy atom. The van der Waals surface area contributed by atoms with Gasteiger partial charge in [-0.15, -0.1) is 5.10 Å². The molecule has 0 saturated carbocycles. The summed E-state index contributed by atoms with van der Waals surface area (Å²) in [6, 6.07) is 7.75. The number of nitrogens with two attached hydrogens (primary N) is 1. The highest BCUT2D eigenvalue weighted by atomic mass is 16.2. The monoisotopic (exact) mass is 230 g/mol. The molecule has 0 bridgehead atoms. The zero-order valence-corrected chi connectivity index (χ0v) is 9.84. The average Bonchev–Trinajstić information content (AvgIpc) is 2.70. The van der Waals surface area contributed by atoms with E-state index in [1.54, 1.807) is 6.92 Å². The molecule has 1 aromatic carbocycles. The molecule has 0 radical (unpaired) electrons. The number of benzene rings is 1. The lowest BCUT2D eigenvalue weighted by molar-refractivity contribution is 0.0896. The van der Waals surface area contributed by atoms with Gasteiger partial charge in [-0.1, -0.05) is 30.7 Å². The van der Waals surface area contributed by atoms with Gasteiger partial charge in [0.2, 0.25) is 11.9 Å². The zero-order valence-electron chi connectivity index (χ0n) is 9.84. The number of anilines is 1. The molecule has 88 valence electrons. The molecule has 0 fully saturated rings. The smallest absolute Gasteiger partial charge is 0.249 e. The Kier molecular flexibility index (Phi) is 2.91. The van der Waals surface area contributed by atoms with Gasteiger partial charge < -0.3 is 5.73 Å². The summed E-state index contributed by atoms with van der Waals surface area (Å²) < 4.78 is 1.15. The average molecular weight is 230 g/mol. The van der Waals surface area contributed by atoms with E-state index in [9.17, 15) is 4.79 Å². The second-order valence-corrected chi connectivity index (χ2v) is 3.82. The van der Waals surface area contributed by atoms with Crippen LogP contribution in [0, 0.1) is 6.92 Å². The quantitative estimate of drug-likeness (QED) is 0.854. The van der Waals surface area contributed by atoms with Gasteiger partial charge in [0.05, 0.1) is 0 Å². The summed E-state index contributed by atoms with van der Waals surface area (Å²) in [7, 11) is 0. The molecule has 0 amide bonds. The van der Waals surface area contributed by atoms with E-state index in [4.69, 9.17) is 5.73 Å². The van der Waals surface area contributed by atoms with E-state index in [0.29, 0.717) is 12.2 Å². The number of carbonyl (C=O) groups is 1. The van der Waals surface area contributed by atoms with Crippen molar-refractivity contribution in [3.8, 4) is 11.4 Å². The predicted octanol–water partition coefficient (Wildman–Crippen LogP) is 1.89. The van der Waals surface area contributed by atoms with Gasteiger partial charge in [-0.25, -0.2) is 0 Å². The first-order valence-corrected chi connectivity index (χ1v) is 5.44. The van der Waals surface area contributed by atoms with Crippen LogP contribution in [0.1, 0.15) is 23.7 Å². The number of hydrogen-bond donors (Lipinski definition) is 1. The molecular weight excluding hydrogens is 216 g/mol. The third-order valence-corrected chi connectivity index (χ3v) is 2.45. The van der Waals surface area contributed by atoms with E-state index in [1.807, 2.05) is 31.2 Å². The first kappa shape index (κ1) is 11.3. The van der Waals surface area contributed by atoms with Gasteiger partial charge in [-0.2, -0.15) is 9.67 Å². The predicted molar refractivity (Wildman–Crippen MR) is 65.5 cm³/mol. The van der Waals surface area contributed by atoms with Crippen LogP contribution >= 0.6 is 0 Å². The van der Waals surface area contributed by atoms with E-state index in [2.05, 4.69) is 10.1 Å². The molecule has 2 rings (SSSR count). The minimum atomic E-state index is -0.158. The summed E-state index contributed by atoms with van der Waals surface area (Å²) >= 11 is 0. The van der Waals surface area contributed by atoms with Crippen molar-refractivity contribution in [2.75, 3.05) is 5.73 Å². The van der Waals surface area contributed by atoms with Gasteiger partial charge in [-0.3, -0.25) is 4.79 Å². The van der Waals surface area contributed by atoms with Crippen molar-refractivity contribution in [3.05, 3.63) is 29.8 Å². The molecule has 1 aromatic heterocycles. The molecule has 0 saturated heterocycles. The van der Waals surface area contributed by atoms with Gasteiger partial charge in [-0.05, 0) is 13.0 Å². The standard InChI is InChI=1S/C12H14N4O/c1-3-10(17)16-12(13)14-11(15-16)9-6-4-5-8(2)7-9/h4-7H,3H2,1-2H3,(H2,13,14,15). The van der Waals surface area contributed by atoms with Crippen LogP contribution in [0.15, 0.2) is 24.3 Å². The lowest BCUT2D eigenvalue weighted by atomic mass is 10.1. The Morgan fingerprint density at radius 1 is 1.47 bits per heavy atom. The van der Waals surface area contributed by atoms with Gasteiger partial charge in [0.1, 0.15) is 0 Å². The van der Waals surface area contributed by atoms with Gasteiger partial charge >= 0.3 is 0 Å². The zero-order chi connectivity index (χ0) is 12.4. The van der Waals surface area contributed by atoms with Crippen molar-refractivity contribution in [3.63, 3.8) is 0 Å². The Bertz CT molecular complexity index is 559. The van der Waals surface area contributed by atoms with Crippen molar-refractivity contribution >= 4 is 11.9 Å². The van der Waals surface area contributed by atoms with Crippen LogP contribution in [0.3, 0.4) is 0 Å². The first-order chi connectivity index (χ1) is 8.11. The number of nitrogen functional groups attached to an aromatic ring is 1. The highest BCUT2D eigenvalue weighted by Crippen LogP contribution is 2.17. The first-order valence-electron chi connectivity index (χ1n) is 5.44. The molecule has 0 unspecified atom stereocenters. The number of carbonyl (C=O) groups excluding carboxylic acids is 1. The van der Waals surface area contributed by atoms with E-state index in [0.717, 1.165) is 15.8 Å². The summed E-state index contributed by atoms with van der Waals surface area (Å²) in [5.74, 6) is 0.454. The molecule has 1 heterocycles. The molecule has 5 heteroatoms. The molecule has 2 N–H and O–H groups in total. The Balaban J connectivity index is 2.44. The number of nitrogens with zero attached hydrogens (tertiary/aromatic N) is 3. The van der Waals surface area contributed by atoms with E-state index >= 15 is 0 Å². The highest BCUT2D eigenvalue weighted by molar-refractivity contribution is 5.80. The van der Waals surface area contributed by atoms with E-state index in [1.165, 1.54) is 0 Å². The minimum absolute atomic E-state index is 0.133. The van der Waals surface area contributed by atoms with Crippen LogP contribution < -0.4 is 5.73 Å². The molecule has 0 aliphatic rings. The summed E-state index contributed by atoms with van der Waals surface area (Å²) in [5.41, 5.74) is 7.63. The van der Waals surface area contributed by atoms with Gasteiger partial charge in [0, 0.05) is 12.0 Å². The third-order valence-electron chi connectivity index (χ3n) is 2.45. The molecule has 0 atom stereocenters. The molecule has 0 spiro atoms. The van der Waals surface area contributed by atoms with Crippen molar-refractivity contribution in [1.29, 1.82) is 0 Å². The summed E-state index contributed by atoms with van der Waals surface area (Å²) in [6.07, 6.45) is 0.348. The summed E-state index contributed by atoms with van der Waals surface area (Å²) in [6.45, 7) is 3.75. The maximum atomic E-state index is 11.5. The van der Waals surface area contributed by atoms with Crippen molar-refractivity contribution in [2.24, 2.45) is 0 Å². The normalized spacial score (nSPS) is 10.5. The number of aryl methyl sites for hydroxylation is 1. The molecule has 5 nitrogen and oxygen atoms in total. The molecule has 0 aliphatic heterocycles. The van der Waals surface area contributed by atoms with Crippen LogP contribution in [0.25, 0.3) is 11.4 Å². The number of aromatic nitrogens is 3. The fourth-order valence-electron chi connectivity index (χ4n) is 1.56. The fraction of sp³-hybridized carbons (Fsp3) is 0.250. The number of hydrogen-bond acceptors (Lipinski definition) is 4. The molecule has 17 heavy (non-hydrogen) atoms. The van der Waals surface area contributed by atoms with Crippen LogP contribution in [-0.2, 0) is 0 Å². The largest absolute Gasteiger partial charge is 0.368 e. The van der Waals surface area contributed by atoms with Crippen molar-refractivity contribution in [1.82, 2.24) is 14.8 Å². The second-order valence-electron chi connectivity index (χ2n) is 3.82. The van der Waals surface area contributed by atoms with Gasteiger partial charge in [0.15, 0.2) is 5.82 Å². The van der Waals surface area contributed by atoms with Crippen molar-refractivity contribution in [2.45, 2.75) is 20.3 Å². The molecule has 0 aliphatic carbocycles. The number of rotatable bonds is 2. The summed E-state index contributed by atoms with van der Waals surface area (Å²) in [4.78, 5) is 15.6. The maximum absolute atomic E-state index is 11.5. The lowest BCUT2D eigenvalue weighted by Crippen LogP contribution is -2.13. The third kappa shape index (κ3) is 2.18. The van der Waals surface area contributed by atoms with Crippen LogP contribution in [-0.4, -0.2) is 20.7 Å². The topological polar surface area (TPSA) is 73.8 Å². The van der Waals surface area contributed by atoms with Crippen LogP contribution in [0.2, 0.25) is 0 Å². The molecular formula is C12H14N4O. The van der Waals surface area contributed by atoms with E-state index < -0.39 is 0 Å². The highest BCUT2D eigenvalue weighted by Gasteiger charge is 2.13. The summed E-state index contributed by atoms with van der Waals surface area (Å²) in [5, 5.41) is 4.12. The van der Waals surface area contributed by atoms with Crippen LogP contribution in [0.5, 0.6) is 0 Å². The lowest BCUT2D eigenvalue weighted by Gasteiger charge is -1.97. The second kappa shape index (κ2) is 4.37. The SMILES string of the molecule is CCC(=O)n1nc(-c2cccc(C)c2)nc1N. The van der Waals surface area contributed by atoms with Crippen LogP contribution in [0.4, 0.5) is 5.95 Å². The Labute approximate surface area is 99.3 Å².